The molecule has 0 aliphatic carbocycles. The Morgan fingerprint density at radius 3 is 2.55 bits per heavy atom. The molecule has 66 valence electrons. The van der Waals surface area contributed by atoms with Crippen LogP contribution in [0.25, 0.3) is 0 Å². The van der Waals surface area contributed by atoms with Gasteiger partial charge in [0.05, 0.1) is 0 Å². The average molecular weight is 161 g/mol. The largest absolute Gasteiger partial charge is 0.354 e. The summed E-state index contributed by atoms with van der Waals surface area (Å²) in [5, 5.41) is 2.50. The molecule has 0 saturated carbocycles. The van der Waals surface area contributed by atoms with Crippen molar-refractivity contribution < 1.29 is 9.18 Å². The lowest BCUT2D eigenvalue weighted by Gasteiger charge is -2.06. The third-order valence-electron chi connectivity index (χ3n) is 1.38. The van der Waals surface area contributed by atoms with Gasteiger partial charge in [-0.3, -0.25) is 4.79 Å². The first-order valence-electron chi connectivity index (χ1n) is 4.14. The number of amides is 1. The van der Waals surface area contributed by atoms with E-state index in [2.05, 4.69) is 5.32 Å². The zero-order chi connectivity index (χ0) is 8.69. The Bertz CT molecular complexity index is 117. The van der Waals surface area contributed by atoms with Crippen LogP contribution in [0.4, 0.5) is 4.39 Å². The molecule has 1 N–H and O–H groups in total. The molecule has 0 aliphatic heterocycles. The molecule has 0 rings (SSSR count). The van der Waals surface area contributed by atoms with E-state index in [0.29, 0.717) is 19.4 Å². The summed E-state index contributed by atoms with van der Waals surface area (Å²) in [5.74, 6) is -0.464. The number of rotatable bonds is 5. The zero-order valence-electron chi connectivity index (χ0n) is 7.19. The molecule has 0 fully saturated rings. The van der Waals surface area contributed by atoms with Gasteiger partial charge in [0.1, 0.15) is 0 Å². The summed E-state index contributed by atoms with van der Waals surface area (Å²) in [7, 11) is 0. The monoisotopic (exact) mass is 161 g/mol. The van der Waals surface area contributed by atoms with Crippen LogP contribution in [0.5, 0.6) is 0 Å². The highest BCUT2D eigenvalue weighted by Gasteiger charge is 2.14. The Labute approximate surface area is 67.2 Å². The first-order valence-corrected chi connectivity index (χ1v) is 4.14. The van der Waals surface area contributed by atoms with Crippen LogP contribution in [0, 0.1) is 0 Å². The number of hydrogen-bond donors (Lipinski definition) is 1. The summed E-state index contributed by atoms with van der Waals surface area (Å²) in [6.07, 6.45) is 0.576. The lowest BCUT2D eigenvalue weighted by atomic mass is 10.2. The fraction of sp³-hybridized carbons (Fsp3) is 0.875. The van der Waals surface area contributed by atoms with Gasteiger partial charge in [0.25, 0.3) is 5.91 Å². The molecule has 0 bridgehead atoms. The number of nitrogens with one attached hydrogen (secondary N) is 1. The van der Waals surface area contributed by atoms with E-state index in [-0.39, 0.29) is 0 Å². The van der Waals surface area contributed by atoms with Gasteiger partial charge in [0.15, 0.2) is 6.17 Å². The van der Waals surface area contributed by atoms with Gasteiger partial charge in [0.2, 0.25) is 0 Å². The molecule has 0 saturated heterocycles. The van der Waals surface area contributed by atoms with E-state index in [1.54, 1.807) is 0 Å². The quantitative estimate of drug-likeness (QED) is 0.652. The molecule has 0 aromatic heterocycles. The summed E-state index contributed by atoms with van der Waals surface area (Å²) in [4.78, 5) is 10.8. The van der Waals surface area contributed by atoms with Gasteiger partial charge in [-0.2, -0.15) is 0 Å². The molecule has 1 atom stereocenters. The third kappa shape index (κ3) is 4.76. The number of carbonyl (C=O) groups is 1. The second kappa shape index (κ2) is 6.13. The van der Waals surface area contributed by atoms with Crippen molar-refractivity contribution in [3.05, 3.63) is 0 Å². The van der Waals surface area contributed by atoms with Crippen molar-refractivity contribution >= 4 is 5.91 Å². The molecular formula is C8H16FNO. The zero-order valence-corrected chi connectivity index (χ0v) is 7.19. The van der Waals surface area contributed by atoms with Crippen molar-refractivity contribution in [1.29, 1.82) is 0 Å². The van der Waals surface area contributed by atoms with E-state index in [1.807, 2.05) is 13.8 Å². The van der Waals surface area contributed by atoms with Crippen LogP contribution in [0.2, 0.25) is 0 Å². The van der Waals surface area contributed by atoms with Crippen LogP contribution in [0.15, 0.2) is 0 Å². The fourth-order valence-corrected chi connectivity index (χ4v) is 0.743. The van der Waals surface area contributed by atoms with Crippen LogP contribution in [-0.2, 0) is 4.79 Å². The minimum atomic E-state index is -1.31. The first kappa shape index (κ1) is 10.4. The smallest absolute Gasteiger partial charge is 0.254 e. The maximum Gasteiger partial charge on any atom is 0.254 e. The topological polar surface area (TPSA) is 29.1 Å². The molecule has 11 heavy (non-hydrogen) atoms. The van der Waals surface area contributed by atoms with Crippen molar-refractivity contribution in [2.24, 2.45) is 0 Å². The summed E-state index contributed by atoms with van der Waals surface area (Å²) in [6.45, 7) is 4.37. The van der Waals surface area contributed by atoms with Gasteiger partial charge in [-0.25, -0.2) is 4.39 Å². The van der Waals surface area contributed by atoms with Gasteiger partial charge >= 0.3 is 0 Å². The lowest BCUT2D eigenvalue weighted by Crippen LogP contribution is -2.32. The summed E-state index contributed by atoms with van der Waals surface area (Å²) in [5.41, 5.74) is 0. The molecule has 3 heteroatoms. The van der Waals surface area contributed by atoms with E-state index < -0.39 is 12.1 Å². The number of halogens is 1. The van der Waals surface area contributed by atoms with Gasteiger partial charge < -0.3 is 5.32 Å². The minimum absolute atomic E-state index is 0.329. The highest BCUT2D eigenvalue weighted by atomic mass is 19.1. The highest BCUT2D eigenvalue weighted by molar-refractivity contribution is 5.80. The van der Waals surface area contributed by atoms with Gasteiger partial charge in [-0.05, 0) is 12.8 Å². The van der Waals surface area contributed by atoms with E-state index in [4.69, 9.17) is 0 Å². The second-order valence-electron chi connectivity index (χ2n) is 2.55. The highest BCUT2D eigenvalue weighted by Crippen LogP contribution is 2.00. The van der Waals surface area contributed by atoms with E-state index in [0.717, 1.165) is 6.42 Å². The SMILES string of the molecule is CCCNC(=O)C(F)CCC. The fourth-order valence-electron chi connectivity index (χ4n) is 0.743. The molecule has 0 aromatic rings. The Morgan fingerprint density at radius 2 is 2.09 bits per heavy atom. The molecule has 1 amide bonds. The predicted octanol–water partition coefficient (Wildman–Crippen LogP) is 1.65. The third-order valence-corrected chi connectivity index (χ3v) is 1.38. The van der Waals surface area contributed by atoms with Crippen LogP contribution in [0.1, 0.15) is 33.1 Å². The number of hydrogen-bond acceptors (Lipinski definition) is 1. The molecule has 1 unspecified atom stereocenters. The Balaban J connectivity index is 3.47. The van der Waals surface area contributed by atoms with E-state index in [1.165, 1.54) is 0 Å². The van der Waals surface area contributed by atoms with Crippen LogP contribution in [0.3, 0.4) is 0 Å². The van der Waals surface area contributed by atoms with Gasteiger partial charge in [-0.1, -0.05) is 20.3 Å². The average Bonchev–Trinajstić information content (AvgIpc) is 2.00. The Hall–Kier alpha value is -0.600. The van der Waals surface area contributed by atoms with E-state index in [9.17, 15) is 9.18 Å². The summed E-state index contributed by atoms with van der Waals surface area (Å²) >= 11 is 0. The minimum Gasteiger partial charge on any atom is -0.354 e. The number of alkyl halides is 1. The molecular weight excluding hydrogens is 145 g/mol. The van der Waals surface area contributed by atoms with Crippen LogP contribution >= 0.6 is 0 Å². The Kier molecular flexibility index (Phi) is 5.80. The lowest BCUT2D eigenvalue weighted by molar-refractivity contribution is -0.126. The predicted molar refractivity (Wildman–Crippen MR) is 43.1 cm³/mol. The molecule has 0 heterocycles. The van der Waals surface area contributed by atoms with Crippen LogP contribution in [-0.4, -0.2) is 18.6 Å². The Morgan fingerprint density at radius 1 is 1.45 bits per heavy atom. The van der Waals surface area contributed by atoms with Crippen molar-refractivity contribution in [1.82, 2.24) is 5.32 Å². The second-order valence-corrected chi connectivity index (χ2v) is 2.55. The summed E-state index contributed by atoms with van der Waals surface area (Å²) in [6, 6.07) is 0. The first-order chi connectivity index (χ1) is 5.22. The normalized spacial score (nSPS) is 12.6. The van der Waals surface area contributed by atoms with Crippen LogP contribution < -0.4 is 5.32 Å². The van der Waals surface area contributed by atoms with Gasteiger partial charge in [-0.15, -0.1) is 0 Å². The molecule has 2 nitrogen and oxygen atoms in total. The number of carbonyl (C=O) groups excluding carboxylic acids is 1. The molecule has 0 radical (unpaired) electrons. The van der Waals surface area contributed by atoms with Crippen molar-refractivity contribution in [2.45, 2.75) is 39.3 Å². The molecule has 0 aromatic carbocycles. The maximum atomic E-state index is 12.7. The summed E-state index contributed by atoms with van der Waals surface area (Å²) < 4.78 is 12.7. The van der Waals surface area contributed by atoms with Gasteiger partial charge in [0, 0.05) is 6.54 Å². The standard InChI is InChI=1S/C8H16FNO/c1-3-5-7(9)8(11)10-6-4-2/h7H,3-6H2,1-2H3,(H,10,11). The maximum absolute atomic E-state index is 12.7. The van der Waals surface area contributed by atoms with E-state index >= 15 is 0 Å². The van der Waals surface area contributed by atoms with Crippen molar-refractivity contribution in [3.8, 4) is 0 Å². The molecule has 0 spiro atoms. The molecule has 0 aliphatic rings. The van der Waals surface area contributed by atoms with Crippen molar-refractivity contribution in [3.63, 3.8) is 0 Å². The van der Waals surface area contributed by atoms with Crippen molar-refractivity contribution in [2.75, 3.05) is 6.54 Å².